The summed E-state index contributed by atoms with van der Waals surface area (Å²) < 4.78 is 0. The smallest absolute Gasteiger partial charge is 0.237 e. The standard InChI is InChI=1S/C18H30N4O2/c1-18(2,16(23)20-10-6-13-21(3)4)17(24)22(5)14-9-15-7-11-19-12-8-15/h7-8,11-12H,6,9-10,13-14H2,1-5H3,(H,20,23). The molecule has 0 aromatic carbocycles. The number of aromatic nitrogens is 1. The van der Waals surface area contributed by atoms with Gasteiger partial charge in [-0.3, -0.25) is 14.6 Å². The van der Waals surface area contributed by atoms with Crippen LogP contribution in [0.3, 0.4) is 0 Å². The second-order valence-electron chi connectivity index (χ2n) is 6.87. The van der Waals surface area contributed by atoms with Gasteiger partial charge in [0.05, 0.1) is 0 Å². The molecule has 1 rings (SSSR count). The van der Waals surface area contributed by atoms with Crippen molar-refractivity contribution >= 4 is 11.8 Å². The molecule has 0 aliphatic carbocycles. The zero-order valence-electron chi connectivity index (χ0n) is 15.5. The molecule has 0 aliphatic rings. The summed E-state index contributed by atoms with van der Waals surface area (Å²) in [6.45, 7) is 5.41. The lowest BCUT2D eigenvalue weighted by molar-refractivity contribution is -0.147. The number of carbonyl (C=O) groups excluding carboxylic acids is 2. The Morgan fingerprint density at radius 1 is 1.12 bits per heavy atom. The van der Waals surface area contributed by atoms with Gasteiger partial charge in [0.25, 0.3) is 0 Å². The number of hydrogen-bond donors (Lipinski definition) is 1. The van der Waals surface area contributed by atoms with Crippen LogP contribution in [0.2, 0.25) is 0 Å². The van der Waals surface area contributed by atoms with Crippen molar-refractivity contribution in [3.05, 3.63) is 30.1 Å². The van der Waals surface area contributed by atoms with Crippen LogP contribution in [0, 0.1) is 5.41 Å². The number of carbonyl (C=O) groups is 2. The number of likely N-dealkylation sites (N-methyl/N-ethyl adjacent to an activating group) is 1. The summed E-state index contributed by atoms with van der Waals surface area (Å²) in [5, 5.41) is 2.87. The van der Waals surface area contributed by atoms with E-state index in [1.54, 1.807) is 38.2 Å². The third-order valence-electron chi connectivity index (χ3n) is 4.00. The largest absolute Gasteiger partial charge is 0.355 e. The van der Waals surface area contributed by atoms with Gasteiger partial charge >= 0.3 is 0 Å². The predicted octanol–water partition coefficient (Wildman–Crippen LogP) is 1.18. The molecular weight excluding hydrogens is 304 g/mol. The number of amides is 2. The SMILES string of the molecule is CN(C)CCCNC(=O)C(C)(C)C(=O)N(C)CCc1ccncc1. The van der Waals surface area contributed by atoms with E-state index in [0.717, 1.165) is 24.9 Å². The summed E-state index contributed by atoms with van der Waals surface area (Å²) in [6, 6.07) is 3.86. The normalized spacial score (nSPS) is 11.4. The zero-order chi connectivity index (χ0) is 18.2. The molecule has 1 aromatic rings. The van der Waals surface area contributed by atoms with E-state index in [0.29, 0.717) is 13.1 Å². The highest BCUT2D eigenvalue weighted by atomic mass is 16.2. The summed E-state index contributed by atoms with van der Waals surface area (Å²) in [7, 11) is 5.73. The first-order chi connectivity index (χ1) is 11.2. The third kappa shape index (κ3) is 6.28. The molecule has 1 N–H and O–H groups in total. The molecule has 0 bridgehead atoms. The topological polar surface area (TPSA) is 65.5 Å². The Morgan fingerprint density at radius 2 is 1.75 bits per heavy atom. The van der Waals surface area contributed by atoms with Gasteiger partial charge in [0, 0.05) is 32.5 Å². The van der Waals surface area contributed by atoms with E-state index >= 15 is 0 Å². The van der Waals surface area contributed by atoms with Crippen molar-refractivity contribution in [2.45, 2.75) is 26.7 Å². The van der Waals surface area contributed by atoms with Crippen LogP contribution in [-0.4, -0.2) is 67.4 Å². The van der Waals surface area contributed by atoms with Crippen molar-refractivity contribution in [3.8, 4) is 0 Å². The van der Waals surface area contributed by atoms with Crippen LogP contribution in [-0.2, 0) is 16.0 Å². The Kier molecular flexibility index (Phi) is 7.85. The summed E-state index contributed by atoms with van der Waals surface area (Å²) >= 11 is 0. The minimum atomic E-state index is -1.06. The molecular formula is C18H30N4O2. The van der Waals surface area contributed by atoms with Crippen molar-refractivity contribution in [1.29, 1.82) is 0 Å². The molecule has 0 atom stereocenters. The highest BCUT2D eigenvalue weighted by molar-refractivity contribution is 6.04. The van der Waals surface area contributed by atoms with E-state index < -0.39 is 5.41 Å². The van der Waals surface area contributed by atoms with E-state index in [1.807, 2.05) is 26.2 Å². The number of hydrogen-bond acceptors (Lipinski definition) is 4. The molecule has 1 heterocycles. The van der Waals surface area contributed by atoms with Crippen LogP contribution in [0.1, 0.15) is 25.8 Å². The van der Waals surface area contributed by atoms with Crippen LogP contribution in [0.15, 0.2) is 24.5 Å². The van der Waals surface area contributed by atoms with E-state index in [1.165, 1.54) is 0 Å². The fourth-order valence-electron chi connectivity index (χ4n) is 2.34. The lowest BCUT2D eigenvalue weighted by Crippen LogP contribution is -2.49. The van der Waals surface area contributed by atoms with Crippen LogP contribution in [0.25, 0.3) is 0 Å². The zero-order valence-corrected chi connectivity index (χ0v) is 15.5. The molecule has 0 unspecified atom stereocenters. The van der Waals surface area contributed by atoms with Crippen molar-refractivity contribution in [3.63, 3.8) is 0 Å². The Hall–Kier alpha value is -1.95. The van der Waals surface area contributed by atoms with E-state index in [2.05, 4.69) is 15.2 Å². The molecule has 0 fully saturated rings. The first-order valence-corrected chi connectivity index (χ1v) is 8.32. The van der Waals surface area contributed by atoms with Crippen molar-refractivity contribution < 1.29 is 9.59 Å². The second kappa shape index (κ2) is 9.37. The number of rotatable bonds is 9. The molecule has 24 heavy (non-hydrogen) atoms. The fraction of sp³-hybridized carbons (Fsp3) is 0.611. The van der Waals surface area contributed by atoms with Gasteiger partial charge in [0.2, 0.25) is 11.8 Å². The minimum absolute atomic E-state index is 0.165. The van der Waals surface area contributed by atoms with Gasteiger partial charge in [-0.1, -0.05) is 0 Å². The van der Waals surface area contributed by atoms with Gasteiger partial charge in [-0.25, -0.2) is 0 Å². The first-order valence-electron chi connectivity index (χ1n) is 8.32. The Balaban J connectivity index is 2.48. The molecule has 6 nitrogen and oxygen atoms in total. The lowest BCUT2D eigenvalue weighted by atomic mass is 9.90. The van der Waals surface area contributed by atoms with Crippen molar-refractivity contribution in [2.75, 3.05) is 40.8 Å². The molecule has 0 aliphatic heterocycles. The molecule has 6 heteroatoms. The molecule has 2 amide bonds. The maximum absolute atomic E-state index is 12.6. The van der Waals surface area contributed by atoms with E-state index in [-0.39, 0.29) is 11.8 Å². The van der Waals surface area contributed by atoms with Crippen LogP contribution in [0.4, 0.5) is 0 Å². The number of nitrogens with zero attached hydrogens (tertiary/aromatic N) is 3. The molecule has 0 radical (unpaired) electrons. The van der Waals surface area contributed by atoms with E-state index in [9.17, 15) is 9.59 Å². The molecule has 134 valence electrons. The average molecular weight is 334 g/mol. The van der Waals surface area contributed by atoms with Gasteiger partial charge < -0.3 is 15.1 Å². The highest BCUT2D eigenvalue weighted by Gasteiger charge is 2.37. The quantitative estimate of drug-likeness (QED) is 0.544. The van der Waals surface area contributed by atoms with Crippen LogP contribution in [0.5, 0.6) is 0 Å². The maximum atomic E-state index is 12.6. The lowest BCUT2D eigenvalue weighted by Gasteiger charge is -2.28. The molecule has 1 aromatic heterocycles. The van der Waals surface area contributed by atoms with Crippen molar-refractivity contribution in [2.24, 2.45) is 5.41 Å². The summed E-state index contributed by atoms with van der Waals surface area (Å²) in [6.07, 6.45) is 5.08. The number of pyridine rings is 1. The Bertz CT molecular complexity index is 529. The van der Waals surface area contributed by atoms with Gasteiger partial charge in [-0.05, 0) is 65.0 Å². The summed E-state index contributed by atoms with van der Waals surface area (Å²) in [5.74, 6) is -0.385. The van der Waals surface area contributed by atoms with E-state index in [4.69, 9.17) is 0 Å². The van der Waals surface area contributed by atoms with Crippen LogP contribution >= 0.6 is 0 Å². The number of nitrogens with one attached hydrogen (secondary N) is 1. The van der Waals surface area contributed by atoms with Gasteiger partial charge in [-0.2, -0.15) is 0 Å². The minimum Gasteiger partial charge on any atom is -0.355 e. The predicted molar refractivity (Wildman–Crippen MR) is 95.5 cm³/mol. The second-order valence-corrected chi connectivity index (χ2v) is 6.87. The molecule has 0 saturated heterocycles. The summed E-state index contributed by atoms with van der Waals surface area (Å²) in [4.78, 5) is 32.6. The fourth-order valence-corrected chi connectivity index (χ4v) is 2.34. The summed E-state index contributed by atoms with van der Waals surface area (Å²) in [5.41, 5.74) is 0.0565. The van der Waals surface area contributed by atoms with Gasteiger partial charge in [0.1, 0.15) is 5.41 Å². The Morgan fingerprint density at radius 3 is 2.33 bits per heavy atom. The average Bonchev–Trinajstić information content (AvgIpc) is 2.56. The maximum Gasteiger partial charge on any atom is 0.237 e. The van der Waals surface area contributed by atoms with Gasteiger partial charge in [-0.15, -0.1) is 0 Å². The molecule has 0 saturated carbocycles. The first kappa shape index (κ1) is 20.1. The molecule has 0 spiro atoms. The monoisotopic (exact) mass is 334 g/mol. The third-order valence-corrected chi connectivity index (χ3v) is 4.00. The van der Waals surface area contributed by atoms with Crippen LogP contribution < -0.4 is 5.32 Å². The highest BCUT2D eigenvalue weighted by Crippen LogP contribution is 2.19. The van der Waals surface area contributed by atoms with Gasteiger partial charge in [0.15, 0.2) is 0 Å². The Labute approximate surface area is 145 Å². The van der Waals surface area contributed by atoms with Crippen molar-refractivity contribution in [1.82, 2.24) is 20.1 Å².